The van der Waals surface area contributed by atoms with E-state index in [4.69, 9.17) is 5.26 Å². The second-order valence-electron chi connectivity index (χ2n) is 7.95. The highest BCUT2D eigenvalue weighted by Crippen LogP contribution is 2.27. The molecule has 1 aliphatic rings. The first-order valence-electron chi connectivity index (χ1n) is 10.2. The van der Waals surface area contributed by atoms with Gasteiger partial charge in [-0.25, -0.2) is 9.78 Å². The van der Waals surface area contributed by atoms with Gasteiger partial charge >= 0.3 is 5.97 Å². The molecule has 1 aromatic heterocycles. The lowest BCUT2D eigenvalue weighted by Gasteiger charge is -2.35. The number of hydrogen-bond donors (Lipinski definition) is 2. The van der Waals surface area contributed by atoms with Crippen molar-refractivity contribution in [3.05, 3.63) is 29.8 Å². The van der Waals surface area contributed by atoms with Crippen LogP contribution in [0.15, 0.2) is 24.3 Å². The number of carbonyl (C=O) groups is 2. The van der Waals surface area contributed by atoms with Crippen LogP contribution in [0.5, 0.6) is 0 Å². The third-order valence-electron chi connectivity index (χ3n) is 5.14. The molecule has 2 heterocycles. The lowest BCUT2D eigenvalue weighted by molar-refractivity contribution is -0.116. The van der Waals surface area contributed by atoms with Gasteiger partial charge in [-0.1, -0.05) is 13.8 Å². The molecule has 0 aliphatic carbocycles. The monoisotopic (exact) mass is 409 g/mol. The van der Waals surface area contributed by atoms with E-state index in [1.165, 1.54) is 0 Å². The Labute approximate surface area is 176 Å². The molecule has 1 fully saturated rings. The molecule has 0 unspecified atom stereocenters. The van der Waals surface area contributed by atoms with Crippen molar-refractivity contribution in [3.63, 3.8) is 0 Å². The Morgan fingerprint density at radius 1 is 1.23 bits per heavy atom. The fraction of sp³-hybridized carbons (Fsp3) is 0.455. The number of piperazine rings is 1. The lowest BCUT2D eigenvalue weighted by atomic mass is 10.1. The number of carboxylic acid groups (broad SMARTS) is 1. The molecule has 3 rings (SSSR count). The van der Waals surface area contributed by atoms with Crippen LogP contribution in [0.25, 0.3) is 10.9 Å². The van der Waals surface area contributed by atoms with Crippen LogP contribution in [0.1, 0.15) is 37.0 Å². The number of nitriles is 1. The maximum Gasteiger partial charge on any atom is 0.336 e. The standard InChI is InChI=1S/C22H27N5O3/c1-15(2)12-21(28)24-16-4-5-19-17(13-16)18(22(29)30)14-20(25-19)27-10-8-26(9-11-27)7-3-6-23/h4-5,13-15H,3,7-12H2,1-2H3,(H,24,28)(H,29,30). The van der Waals surface area contributed by atoms with E-state index in [0.29, 0.717) is 35.2 Å². The zero-order chi connectivity index (χ0) is 21.7. The molecule has 0 radical (unpaired) electrons. The maximum absolute atomic E-state index is 12.1. The summed E-state index contributed by atoms with van der Waals surface area (Å²) in [6.45, 7) is 7.77. The lowest BCUT2D eigenvalue weighted by Crippen LogP contribution is -2.46. The minimum Gasteiger partial charge on any atom is -0.478 e. The van der Waals surface area contributed by atoms with Crippen molar-refractivity contribution in [2.24, 2.45) is 5.92 Å². The summed E-state index contributed by atoms with van der Waals surface area (Å²) in [5, 5.41) is 21.8. The Bertz CT molecular complexity index is 975. The van der Waals surface area contributed by atoms with Gasteiger partial charge in [0.1, 0.15) is 5.82 Å². The summed E-state index contributed by atoms with van der Waals surface area (Å²) in [5.41, 5.74) is 1.32. The summed E-state index contributed by atoms with van der Waals surface area (Å²) in [6, 6.07) is 8.95. The Balaban J connectivity index is 1.83. The van der Waals surface area contributed by atoms with Crippen molar-refractivity contribution < 1.29 is 14.7 Å². The van der Waals surface area contributed by atoms with Gasteiger partial charge in [0.25, 0.3) is 0 Å². The number of aromatic nitrogens is 1. The van der Waals surface area contributed by atoms with Crippen molar-refractivity contribution in [1.82, 2.24) is 9.88 Å². The average Bonchev–Trinajstić information content (AvgIpc) is 2.71. The number of amides is 1. The highest BCUT2D eigenvalue weighted by atomic mass is 16.4. The second-order valence-corrected chi connectivity index (χ2v) is 7.95. The molecular weight excluding hydrogens is 382 g/mol. The number of nitrogens with one attached hydrogen (secondary N) is 1. The largest absolute Gasteiger partial charge is 0.478 e. The smallest absolute Gasteiger partial charge is 0.336 e. The van der Waals surface area contributed by atoms with Gasteiger partial charge in [0.2, 0.25) is 5.91 Å². The van der Waals surface area contributed by atoms with Crippen molar-refractivity contribution in [2.75, 3.05) is 42.9 Å². The van der Waals surface area contributed by atoms with E-state index in [2.05, 4.69) is 26.2 Å². The average molecular weight is 409 g/mol. The van der Waals surface area contributed by atoms with Gasteiger partial charge in [0, 0.05) is 56.6 Å². The fourth-order valence-electron chi connectivity index (χ4n) is 3.62. The van der Waals surface area contributed by atoms with Crippen molar-refractivity contribution in [3.8, 4) is 6.07 Å². The predicted molar refractivity (Wildman–Crippen MR) is 116 cm³/mol. The zero-order valence-corrected chi connectivity index (χ0v) is 17.4. The van der Waals surface area contributed by atoms with Crippen molar-refractivity contribution in [2.45, 2.75) is 26.7 Å². The van der Waals surface area contributed by atoms with Gasteiger partial charge in [-0.15, -0.1) is 0 Å². The van der Waals surface area contributed by atoms with Crippen LogP contribution in [0.3, 0.4) is 0 Å². The number of aromatic carboxylic acids is 1. The van der Waals surface area contributed by atoms with Crippen LogP contribution >= 0.6 is 0 Å². The Hall–Kier alpha value is -3.18. The number of hydrogen-bond acceptors (Lipinski definition) is 6. The highest BCUT2D eigenvalue weighted by molar-refractivity contribution is 6.05. The first kappa shape index (κ1) is 21.5. The summed E-state index contributed by atoms with van der Waals surface area (Å²) in [6.07, 6.45) is 0.911. The van der Waals surface area contributed by atoms with Crippen LogP contribution < -0.4 is 10.2 Å². The van der Waals surface area contributed by atoms with Gasteiger partial charge in [-0.2, -0.15) is 5.26 Å². The normalized spacial score (nSPS) is 14.7. The van der Waals surface area contributed by atoms with E-state index in [-0.39, 0.29) is 17.4 Å². The van der Waals surface area contributed by atoms with E-state index in [9.17, 15) is 14.7 Å². The number of carboxylic acids is 1. The molecule has 0 atom stereocenters. The molecule has 158 valence electrons. The van der Waals surface area contributed by atoms with E-state index in [0.717, 1.165) is 32.7 Å². The van der Waals surface area contributed by atoms with Crippen LogP contribution in [-0.2, 0) is 4.79 Å². The first-order chi connectivity index (χ1) is 14.4. The zero-order valence-electron chi connectivity index (χ0n) is 17.4. The molecule has 1 aromatic carbocycles. The van der Waals surface area contributed by atoms with Gasteiger partial charge in [-0.3, -0.25) is 9.69 Å². The number of carbonyl (C=O) groups excluding carboxylic acids is 1. The summed E-state index contributed by atoms with van der Waals surface area (Å²) in [7, 11) is 0. The van der Waals surface area contributed by atoms with Crippen LogP contribution in [0.2, 0.25) is 0 Å². The molecule has 0 spiro atoms. The Morgan fingerprint density at radius 3 is 2.60 bits per heavy atom. The van der Waals surface area contributed by atoms with Crippen LogP contribution in [-0.4, -0.2) is 59.6 Å². The molecule has 1 amide bonds. The highest BCUT2D eigenvalue weighted by Gasteiger charge is 2.21. The van der Waals surface area contributed by atoms with Gasteiger partial charge in [0.15, 0.2) is 0 Å². The number of pyridine rings is 1. The van der Waals surface area contributed by atoms with Gasteiger partial charge in [-0.05, 0) is 30.2 Å². The second kappa shape index (κ2) is 9.55. The van der Waals surface area contributed by atoms with E-state index < -0.39 is 5.97 Å². The number of rotatable bonds is 7. The van der Waals surface area contributed by atoms with Crippen LogP contribution in [0.4, 0.5) is 11.5 Å². The van der Waals surface area contributed by atoms with Crippen molar-refractivity contribution >= 4 is 34.3 Å². The third-order valence-corrected chi connectivity index (χ3v) is 5.14. The summed E-state index contributed by atoms with van der Waals surface area (Å²) < 4.78 is 0. The Kier molecular flexibility index (Phi) is 6.85. The molecule has 8 nitrogen and oxygen atoms in total. The molecule has 0 saturated carbocycles. The number of anilines is 2. The van der Waals surface area contributed by atoms with Gasteiger partial charge in [0.05, 0.1) is 17.1 Å². The van der Waals surface area contributed by atoms with Crippen LogP contribution in [0, 0.1) is 17.2 Å². The van der Waals surface area contributed by atoms with E-state index in [1.807, 2.05) is 13.8 Å². The van der Waals surface area contributed by atoms with Gasteiger partial charge < -0.3 is 15.3 Å². The first-order valence-corrected chi connectivity index (χ1v) is 10.2. The molecular formula is C22H27N5O3. The summed E-state index contributed by atoms with van der Waals surface area (Å²) in [5.74, 6) is -0.247. The minimum atomic E-state index is -1.03. The van der Waals surface area contributed by atoms with E-state index >= 15 is 0 Å². The molecule has 8 heteroatoms. The SMILES string of the molecule is CC(C)CC(=O)Nc1ccc2nc(N3CCN(CCC#N)CC3)cc(C(=O)O)c2c1. The molecule has 2 aromatic rings. The molecule has 2 N–H and O–H groups in total. The molecule has 1 saturated heterocycles. The fourth-order valence-corrected chi connectivity index (χ4v) is 3.62. The number of fused-ring (bicyclic) bond motifs is 1. The molecule has 0 bridgehead atoms. The van der Waals surface area contributed by atoms with E-state index in [1.54, 1.807) is 24.3 Å². The quantitative estimate of drug-likeness (QED) is 0.723. The molecule has 30 heavy (non-hydrogen) atoms. The topological polar surface area (TPSA) is 110 Å². The summed E-state index contributed by atoms with van der Waals surface area (Å²) in [4.78, 5) is 33.0. The molecule has 1 aliphatic heterocycles. The summed E-state index contributed by atoms with van der Waals surface area (Å²) >= 11 is 0. The minimum absolute atomic E-state index is 0.0972. The number of nitrogens with zero attached hydrogens (tertiary/aromatic N) is 4. The third kappa shape index (κ3) is 5.24. The van der Waals surface area contributed by atoms with Crippen molar-refractivity contribution in [1.29, 1.82) is 5.26 Å². The maximum atomic E-state index is 12.1. The number of benzene rings is 1. The Morgan fingerprint density at radius 2 is 1.97 bits per heavy atom. The predicted octanol–water partition coefficient (Wildman–Crippen LogP) is 2.95.